The smallest absolute Gasteiger partial charge is 0.234 e. The van der Waals surface area contributed by atoms with Crippen LogP contribution in [0.15, 0.2) is 0 Å². The quantitative estimate of drug-likeness (QED) is 0.537. The Kier molecular flexibility index (Phi) is 4.31. The van der Waals surface area contributed by atoms with E-state index in [1.165, 1.54) is 0 Å². The number of hydrogen-bond acceptors (Lipinski definition) is 4. The first kappa shape index (κ1) is 11.4. The van der Waals surface area contributed by atoms with Crippen molar-refractivity contribution in [1.82, 2.24) is 10.8 Å². The monoisotopic (exact) mass is 201 g/mol. The number of nitrogens with one attached hydrogen (secondary N) is 2. The molecule has 14 heavy (non-hydrogen) atoms. The summed E-state index contributed by atoms with van der Waals surface area (Å²) in [6.45, 7) is 4.66. The molecule has 0 aliphatic carbocycles. The summed E-state index contributed by atoms with van der Waals surface area (Å²) in [6.07, 6.45) is 1.85. The summed E-state index contributed by atoms with van der Waals surface area (Å²) in [5.74, 6) is -0.270. The van der Waals surface area contributed by atoms with Crippen molar-refractivity contribution >= 4 is 5.91 Å². The largest absolute Gasteiger partial charge is 0.368 e. The van der Waals surface area contributed by atoms with E-state index in [-0.39, 0.29) is 24.1 Å². The molecular weight excluding hydrogens is 182 g/mol. The van der Waals surface area contributed by atoms with Crippen molar-refractivity contribution in [2.75, 3.05) is 6.54 Å². The average molecular weight is 201 g/mol. The fourth-order valence-corrected chi connectivity index (χ4v) is 1.43. The molecule has 0 aromatic heterocycles. The standard InChI is InChI=1S/C9H19N3O2/c1-6(2)14-12-7-3-4-8(9(10)13)11-5-7/h6-8,11-12H,3-5H2,1-2H3,(H2,10,13)/t7-,8+/m1/s1. The van der Waals surface area contributed by atoms with Gasteiger partial charge in [-0.1, -0.05) is 0 Å². The zero-order chi connectivity index (χ0) is 10.6. The fraction of sp³-hybridized carbons (Fsp3) is 0.889. The maximum Gasteiger partial charge on any atom is 0.234 e. The third kappa shape index (κ3) is 3.61. The highest BCUT2D eigenvalue weighted by molar-refractivity contribution is 5.79. The minimum absolute atomic E-state index is 0.170. The number of rotatable bonds is 4. The molecule has 1 saturated heterocycles. The fourth-order valence-electron chi connectivity index (χ4n) is 1.43. The predicted octanol–water partition coefficient (Wildman–Crippen LogP) is -0.478. The van der Waals surface area contributed by atoms with E-state index in [2.05, 4.69) is 10.8 Å². The molecule has 0 aromatic carbocycles. The number of hydrogen-bond donors (Lipinski definition) is 3. The molecule has 0 spiro atoms. The average Bonchev–Trinajstić information content (AvgIpc) is 2.15. The minimum atomic E-state index is -0.270. The van der Waals surface area contributed by atoms with Gasteiger partial charge in [-0.3, -0.25) is 9.63 Å². The van der Waals surface area contributed by atoms with E-state index in [4.69, 9.17) is 10.6 Å². The van der Waals surface area contributed by atoms with Gasteiger partial charge < -0.3 is 11.1 Å². The third-order valence-electron chi connectivity index (χ3n) is 2.23. The Labute approximate surface area is 84.3 Å². The van der Waals surface area contributed by atoms with Gasteiger partial charge in [0.1, 0.15) is 0 Å². The van der Waals surface area contributed by atoms with Crippen molar-refractivity contribution < 1.29 is 9.63 Å². The molecule has 0 saturated carbocycles. The topological polar surface area (TPSA) is 76.4 Å². The number of nitrogens with two attached hydrogens (primary N) is 1. The molecule has 0 radical (unpaired) electrons. The van der Waals surface area contributed by atoms with E-state index in [0.29, 0.717) is 0 Å². The van der Waals surface area contributed by atoms with Gasteiger partial charge in [-0.2, -0.15) is 5.48 Å². The van der Waals surface area contributed by atoms with Crippen molar-refractivity contribution in [2.45, 2.75) is 44.9 Å². The Hall–Kier alpha value is -0.650. The summed E-state index contributed by atoms with van der Waals surface area (Å²) in [5.41, 5.74) is 8.15. The van der Waals surface area contributed by atoms with Gasteiger partial charge >= 0.3 is 0 Å². The van der Waals surface area contributed by atoms with Gasteiger partial charge in [0, 0.05) is 12.6 Å². The van der Waals surface area contributed by atoms with Crippen molar-refractivity contribution in [2.24, 2.45) is 5.73 Å². The Morgan fingerprint density at radius 3 is 2.71 bits per heavy atom. The molecule has 0 bridgehead atoms. The van der Waals surface area contributed by atoms with Gasteiger partial charge in [0.2, 0.25) is 5.91 Å². The van der Waals surface area contributed by atoms with Crippen LogP contribution in [0.25, 0.3) is 0 Å². The Bertz CT molecular complexity index is 188. The van der Waals surface area contributed by atoms with Crippen molar-refractivity contribution in [3.8, 4) is 0 Å². The summed E-state index contributed by atoms with van der Waals surface area (Å²) in [6, 6.07) is 0.0973. The van der Waals surface area contributed by atoms with Crippen LogP contribution in [0.4, 0.5) is 0 Å². The molecular formula is C9H19N3O2. The van der Waals surface area contributed by atoms with Gasteiger partial charge in [-0.25, -0.2) is 0 Å². The van der Waals surface area contributed by atoms with E-state index in [0.717, 1.165) is 19.4 Å². The first-order chi connectivity index (χ1) is 6.59. The van der Waals surface area contributed by atoms with Gasteiger partial charge in [0.25, 0.3) is 0 Å². The van der Waals surface area contributed by atoms with Gasteiger partial charge in [0.05, 0.1) is 12.1 Å². The van der Waals surface area contributed by atoms with Crippen LogP contribution >= 0.6 is 0 Å². The summed E-state index contributed by atoms with van der Waals surface area (Å²) in [5, 5.41) is 3.08. The highest BCUT2D eigenvalue weighted by atomic mass is 16.7. The van der Waals surface area contributed by atoms with Gasteiger partial charge in [-0.15, -0.1) is 0 Å². The minimum Gasteiger partial charge on any atom is -0.368 e. The number of primary amides is 1. The molecule has 1 heterocycles. The molecule has 5 heteroatoms. The van der Waals surface area contributed by atoms with Gasteiger partial charge in [0.15, 0.2) is 0 Å². The SMILES string of the molecule is CC(C)ON[C@@H]1CC[C@@H](C(N)=O)NC1. The number of hydroxylamine groups is 1. The summed E-state index contributed by atoms with van der Waals surface area (Å²) >= 11 is 0. The van der Waals surface area contributed by atoms with E-state index >= 15 is 0 Å². The second kappa shape index (κ2) is 5.29. The van der Waals surface area contributed by atoms with Crippen molar-refractivity contribution in [1.29, 1.82) is 0 Å². The van der Waals surface area contributed by atoms with Gasteiger partial charge in [-0.05, 0) is 26.7 Å². The molecule has 1 aliphatic heterocycles. The molecule has 0 aromatic rings. The van der Waals surface area contributed by atoms with Crippen LogP contribution in [0.5, 0.6) is 0 Å². The Morgan fingerprint density at radius 2 is 2.29 bits per heavy atom. The first-order valence-electron chi connectivity index (χ1n) is 5.03. The zero-order valence-corrected chi connectivity index (χ0v) is 8.75. The summed E-state index contributed by atoms with van der Waals surface area (Å²) < 4.78 is 0. The highest BCUT2D eigenvalue weighted by Crippen LogP contribution is 2.07. The second-order valence-corrected chi connectivity index (χ2v) is 3.92. The molecule has 1 rings (SSSR count). The van der Waals surface area contributed by atoms with E-state index < -0.39 is 0 Å². The summed E-state index contributed by atoms with van der Waals surface area (Å²) in [4.78, 5) is 16.1. The Balaban J connectivity index is 2.19. The van der Waals surface area contributed by atoms with E-state index in [1.807, 2.05) is 13.8 Å². The predicted molar refractivity (Wildman–Crippen MR) is 53.4 cm³/mol. The number of amides is 1. The molecule has 1 amide bonds. The van der Waals surface area contributed by atoms with Crippen LogP contribution in [0, 0.1) is 0 Å². The number of carbonyl (C=O) groups excluding carboxylic acids is 1. The molecule has 0 unspecified atom stereocenters. The maximum atomic E-state index is 10.8. The lowest BCUT2D eigenvalue weighted by atomic mass is 10.0. The van der Waals surface area contributed by atoms with Crippen LogP contribution in [0.1, 0.15) is 26.7 Å². The number of piperidine rings is 1. The third-order valence-corrected chi connectivity index (χ3v) is 2.23. The number of carbonyl (C=O) groups is 1. The van der Waals surface area contributed by atoms with E-state index in [1.54, 1.807) is 0 Å². The van der Waals surface area contributed by atoms with Crippen LogP contribution in [0.3, 0.4) is 0 Å². The normalized spacial score (nSPS) is 27.9. The van der Waals surface area contributed by atoms with Crippen molar-refractivity contribution in [3.05, 3.63) is 0 Å². The molecule has 5 nitrogen and oxygen atoms in total. The lowest BCUT2D eigenvalue weighted by Crippen LogP contribution is -2.52. The molecule has 4 N–H and O–H groups in total. The highest BCUT2D eigenvalue weighted by Gasteiger charge is 2.23. The van der Waals surface area contributed by atoms with Crippen molar-refractivity contribution in [3.63, 3.8) is 0 Å². The molecule has 2 atom stereocenters. The lowest BCUT2D eigenvalue weighted by molar-refractivity contribution is -0.121. The second-order valence-electron chi connectivity index (χ2n) is 3.92. The molecule has 1 aliphatic rings. The van der Waals surface area contributed by atoms with Crippen LogP contribution < -0.4 is 16.5 Å². The van der Waals surface area contributed by atoms with Crippen LogP contribution in [-0.4, -0.2) is 30.6 Å². The zero-order valence-electron chi connectivity index (χ0n) is 8.75. The summed E-state index contributed by atoms with van der Waals surface area (Å²) in [7, 11) is 0. The molecule has 1 fully saturated rings. The van der Waals surface area contributed by atoms with Crippen LogP contribution in [0.2, 0.25) is 0 Å². The molecule has 82 valence electrons. The lowest BCUT2D eigenvalue weighted by Gasteiger charge is -2.28. The van der Waals surface area contributed by atoms with Crippen LogP contribution in [-0.2, 0) is 9.63 Å². The first-order valence-corrected chi connectivity index (χ1v) is 5.03. The van der Waals surface area contributed by atoms with E-state index in [9.17, 15) is 4.79 Å². The maximum absolute atomic E-state index is 10.8. The Morgan fingerprint density at radius 1 is 1.57 bits per heavy atom.